The van der Waals surface area contributed by atoms with Crippen molar-refractivity contribution in [2.75, 3.05) is 19.4 Å². The minimum atomic E-state index is 0.00950. The van der Waals surface area contributed by atoms with E-state index in [-0.39, 0.29) is 5.56 Å². The normalized spacial score (nSPS) is 14.2. The number of nitrogens with one attached hydrogen (secondary N) is 1. The van der Waals surface area contributed by atoms with Crippen LogP contribution in [0.1, 0.15) is 16.8 Å². The number of methoxy groups -OCH3 is 1. The van der Waals surface area contributed by atoms with Crippen LogP contribution < -0.4 is 16.0 Å². The van der Waals surface area contributed by atoms with E-state index in [9.17, 15) is 4.79 Å². The van der Waals surface area contributed by atoms with Gasteiger partial charge in [-0.15, -0.1) is 0 Å². The zero-order valence-corrected chi connectivity index (χ0v) is 14.7. The Bertz CT molecular complexity index is 972. The Labute approximate surface area is 151 Å². The molecule has 0 fully saturated rings. The Balaban J connectivity index is 1.58. The highest BCUT2D eigenvalue weighted by atomic mass is 16.5. The van der Waals surface area contributed by atoms with E-state index < -0.39 is 0 Å². The molecule has 4 rings (SSSR count). The maximum Gasteiger partial charge on any atom is 0.275 e. The summed E-state index contributed by atoms with van der Waals surface area (Å²) in [6.45, 7) is 2.37. The summed E-state index contributed by atoms with van der Waals surface area (Å²) in [5.41, 5.74) is 10.4. The van der Waals surface area contributed by atoms with Crippen LogP contribution in [0.5, 0.6) is 5.75 Å². The largest absolute Gasteiger partial charge is 0.497 e. The number of nitrogens with zero attached hydrogens (tertiary/aromatic N) is 2. The molecule has 0 atom stereocenters. The van der Waals surface area contributed by atoms with Gasteiger partial charge in [-0.25, -0.2) is 4.68 Å². The SMILES string of the molecule is COc1cccc(-n2[nH]c3c(c2=O)CN(Cc2ccc(N)cc2)CC3)c1. The fraction of sp³-hybridized carbons (Fsp3) is 0.250. The Morgan fingerprint density at radius 2 is 2.00 bits per heavy atom. The summed E-state index contributed by atoms with van der Waals surface area (Å²) in [7, 11) is 1.62. The van der Waals surface area contributed by atoms with E-state index in [1.54, 1.807) is 11.8 Å². The zero-order valence-electron chi connectivity index (χ0n) is 14.7. The number of benzene rings is 2. The lowest BCUT2D eigenvalue weighted by molar-refractivity contribution is 0.244. The summed E-state index contributed by atoms with van der Waals surface area (Å²) in [6.07, 6.45) is 0.830. The second-order valence-corrected chi connectivity index (χ2v) is 6.61. The lowest BCUT2D eigenvalue weighted by atomic mass is 10.1. The van der Waals surface area contributed by atoms with Crippen LogP contribution in [-0.4, -0.2) is 28.3 Å². The molecule has 1 aliphatic heterocycles. The first-order valence-electron chi connectivity index (χ1n) is 8.68. The number of aromatic nitrogens is 2. The Hall–Kier alpha value is -2.99. The van der Waals surface area contributed by atoms with Gasteiger partial charge in [-0.3, -0.25) is 14.8 Å². The summed E-state index contributed by atoms with van der Waals surface area (Å²) >= 11 is 0. The number of fused-ring (bicyclic) bond motifs is 1. The predicted octanol–water partition coefficient (Wildman–Crippen LogP) is 2.31. The lowest BCUT2D eigenvalue weighted by Crippen LogP contribution is -2.32. The first kappa shape index (κ1) is 16.5. The zero-order chi connectivity index (χ0) is 18.1. The first-order valence-corrected chi connectivity index (χ1v) is 8.68. The van der Waals surface area contributed by atoms with Gasteiger partial charge in [-0.1, -0.05) is 18.2 Å². The number of ether oxygens (including phenoxy) is 1. The van der Waals surface area contributed by atoms with E-state index in [4.69, 9.17) is 10.5 Å². The van der Waals surface area contributed by atoms with Crippen LogP contribution in [0.2, 0.25) is 0 Å². The highest BCUT2D eigenvalue weighted by Gasteiger charge is 2.23. The van der Waals surface area contributed by atoms with Gasteiger partial charge in [0, 0.05) is 43.5 Å². The smallest absolute Gasteiger partial charge is 0.275 e. The summed E-state index contributed by atoms with van der Waals surface area (Å²) < 4.78 is 6.87. The van der Waals surface area contributed by atoms with Crippen molar-refractivity contribution in [2.24, 2.45) is 0 Å². The minimum Gasteiger partial charge on any atom is -0.497 e. The number of hydrogen-bond donors (Lipinski definition) is 2. The summed E-state index contributed by atoms with van der Waals surface area (Å²) in [4.78, 5) is 15.2. The van der Waals surface area contributed by atoms with Crippen molar-refractivity contribution in [2.45, 2.75) is 19.5 Å². The standard InChI is InChI=1S/C20H22N4O2/c1-26-17-4-2-3-16(11-17)24-20(25)18-13-23(10-9-19(18)22-24)12-14-5-7-15(21)8-6-14/h2-8,11,22H,9-10,12-13,21H2,1H3. The first-order chi connectivity index (χ1) is 12.6. The molecule has 0 spiro atoms. The quantitative estimate of drug-likeness (QED) is 0.708. The topological polar surface area (TPSA) is 76.3 Å². The van der Waals surface area contributed by atoms with Gasteiger partial charge in [-0.2, -0.15) is 0 Å². The molecule has 3 N–H and O–H groups in total. The predicted molar refractivity (Wildman–Crippen MR) is 102 cm³/mol. The highest BCUT2D eigenvalue weighted by Crippen LogP contribution is 2.20. The van der Waals surface area contributed by atoms with Crippen LogP contribution in [0, 0.1) is 0 Å². The van der Waals surface area contributed by atoms with Crippen LogP contribution >= 0.6 is 0 Å². The van der Waals surface area contributed by atoms with Crippen LogP contribution in [0.4, 0.5) is 5.69 Å². The average molecular weight is 350 g/mol. The van der Waals surface area contributed by atoms with Gasteiger partial charge in [0.05, 0.1) is 18.4 Å². The molecule has 3 aromatic rings. The highest BCUT2D eigenvalue weighted by molar-refractivity contribution is 5.40. The summed E-state index contributed by atoms with van der Waals surface area (Å²) in [5.74, 6) is 0.729. The van der Waals surface area contributed by atoms with Crippen LogP contribution in [0.3, 0.4) is 0 Å². The van der Waals surface area contributed by atoms with Gasteiger partial charge < -0.3 is 10.5 Å². The van der Waals surface area contributed by atoms with E-state index in [0.29, 0.717) is 6.54 Å². The van der Waals surface area contributed by atoms with Gasteiger partial charge in [0.2, 0.25) is 0 Å². The molecule has 0 bridgehead atoms. The van der Waals surface area contributed by atoms with Gasteiger partial charge in [0.25, 0.3) is 5.56 Å². The third kappa shape index (κ3) is 3.11. The molecule has 0 radical (unpaired) electrons. The minimum absolute atomic E-state index is 0.00950. The summed E-state index contributed by atoms with van der Waals surface area (Å²) in [6, 6.07) is 15.4. The molecule has 0 unspecified atom stereocenters. The molecule has 0 saturated carbocycles. The molecule has 0 saturated heterocycles. The van der Waals surface area contributed by atoms with Crippen molar-refractivity contribution >= 4 is 5.69 Å². The van der Waals surface area contributed by atoms with E-state index in [0.717, 1.165) is 47.9 Å². The Morgan fingerprint density at radius 1 is 1.19 bits per heavy atom. The molecule has 1 aliphatic rings. The maximum atomic E-state index is 12.9. The third-order valence-corrected chi connectivity index (χ3v) is 4.83. The molecule has 134 valence electrons. The number of nitrogen functional groups attached to an aromatic ring is 1. The van der Waals surface area contributed by atoms with E-state index in [1.807, 2.05) is 48.5 Å². The van der Waals surface area contributed by atoms with Crippen molar-refractivity contribution in [1.29, 1.82) is 0 Å². The summed E-state index contributed by atoms with van der Waals surface area (Å²) in [5, 5.41) is 3.27. The van der Waals surface area contributed by atoms with Gasteiger partial charge >= 0.3 is 0 Å². The molecular weight excluding hydrogens is 328 g/mol. The molecule has 0 amide bonds. The van der Waals surface area contributed by atoms with E-state index >= 15 is 0 Å². The number of aromatic amines is 1. The maximum absolute atomic E-state index is 12.9. The average Bonchev–Trinajstić information content (AvgIpc) is 3.00. The Morgan fingerprint density at radius 3 is 2.77 bits per heavy atom. The monoisotopic (exact) mass is 350 g/mol. The van der Waals surface area contributed by atoms with Crippen molar-refractivity contribution < 1.29 is 4.74 Å². The van der Waals surface area contributed by atoms with E-state index in [2.05, 4.69) is 10.00 Å². The van der Waals surface area contributed by atoms with Gasteiger partial charge in [0.15, 0.2) is 0 Å². The fourth-order valence-electron chi connectivity index (χ4n) is 3.41. The molecule has 1 aromatic heterocycles. The van der Waals surface area contributed by atoms with Crippen LogP contribution in [-0.2, 0) is 19.5 Å². The molecule has 6 nitrogen and oxygen atoms in total. The van der Waals surface area contributed by atoms with Crippen molar-refractivity contribution in [3.8, 4) is 11.4 Å². The molecular formula is C20H22N4O2. The molecule has 0 aliphatic carbocycles. The number of rotatable bonds is 4. The molecule has 26 heavy (non-hydrogen) atoms. The van der Waals surface area contributed by atoms with Gasteiger partial charge in [0.1, 0.15) is 5.75 Å². The molecule has 2 aromatic carbocycles. The van der Waals surface area contributed by atoms with Crippen molar-refractivity contribution in [3.63, 3.8) is 0 Å². The second-order valence-electron chi connectivity index (χ2n) is 6.61. The molecule has 2 heterocycles. The Kier molecular flexibility index (Phi) is 4.26. The third-order valence-electron chi connectivity index (χ3n) is 4.83. The van der Waals surface area contributed by atoms with Crippen molar-refractivity contribution in [1.82, 2.24) is 14.7 Å². The van der Waals surface area contributed by atoms with Crippen molar-refractivity contribution in [3.05, 3.63) is 75.7 Å². The number of anilines is 1. The number of hydrogen-bond acceptors (Lipinski definition) is 4. The fourth-order valence-corrected chi connectivity index (χ4v) is 3.41. The second kappa shape index (κ2) is 6.72. The van der Waals surface area contributed by atoms with Crippen LogP contribution in [0.15, 0.2) is 53.3 Å². The number of H-pyrrole nitrogens is 1. The van der Waals surface area contributed by atoms with E-state index in [1.165, 1.54) is 5.56 Å². The lowest BCUT2D eigenvalue weighted by Gasteiger charge is -2.25. The van der Waals surface area contributed by atoms with Gasteiger partial charge in [-0.05, 0) is 29.8 Å². The number of nitrogens with two attached hydrogens (primary N) is 1. The molecule has 6 heteroatoms. The van der Waals surface area contributed by atoms with Crippen LogP contribution in [0.25, 0.3) is 5.69 Å².